The molecular weight excluding hydrogens is 925 g/mol. The van der Waals surface area contributed by atoms with E-state index < -0.39 is 40.6 Å². The number of phenols is 1. The van der Waals surface area contributed by atoms with E-state index in [2.05, 4.69) is 31.1 Å². The van der Waals surface area contributed by atoms with E-state index in [1.807, 2.05) is 17.0 Å². The van der Waals surface area contributed by atoms with E-state index in [1.54, 1.807) is 11.8 Å². The highest BCUT2D eigenvalue weighted by molar-refractivity contribution is 6.37. The van der Waals surface area contributed by atoms with E-state index in [-0.39, 0.29) is 74.6 Å². The molecule has 0 unspecified atom stereocenters. The van der Waals surface area contributed by atoms with Crippen molar-refractivity contribution in [3.05, 3.63) is 82.1 Å². The molecule has 0 bridgehead atoms. The van der Waals surface area contributed by atoms with Gasteiger partial charge in [-0.15, -0.1) is 0 Å². The molecule has 0 spiro atoms. The van der Waals surface area contributed by atoms with E-state index in [9.17, 15) is 29.0 Å². The van der Waals surface area contributed by atoms with Crippen LogP contribution in [0.3, 0.4) is 0 Å². The number of β-amino-alcohol motifs (C(OH)–C–C–N with tert-alkyl or cyclic N) is 1. The molecule has 1 aliphatic carbocycles. The van der Waals surface area contributed by atoms with Gasteiger partial charge in [0.1, 0.15) is 34.8 Å². The number of halogens is 4. The lowest BCUT2D eigenvalue weighted by molar-refractivity contribution is -0.136. The number of carbonyl (C=O) groups is 3. The first-order valence-corrected chi connectivity index (χ1v) is 24.9. The lowest BCUT2D eigenvalue weighted by Crippen LogP contribution is -2.52. The Bertz CT molecular complexity index is 2940. The molecule has 6 aliphatic rings. The van der Waals surface area contributed by atoms with Crippen molar-refractivity contribution in [2.24, 2.45) is 11.3 Å². The fraction of sp³-hybridized carbons (Fsp3) is 0.481. The molecule has 3 N–H and O–H groups in total. The van der Waals surface area contributed by atoms with Gasteiger partial charge in [0.2, 0.25) is 11.8 Å². The number of piperidine rings is 3. The molecular formula is C52H56ClF3N8O6. The number of piperazine rings is 1. The van der Waals surface area contributed by atoms with Gasteiger partial charge in [0.05, 0.1) is 22.8 Å². The number of ether oxygens (including phenoxy) is 1. The van der Waals surface area contributed by atoms with Crippen molar-refractivity contribution in [1.82, 2.24) is 30.0 Å². The number of hydrogen-bond acceptors (Lipinski definition) is 12. The molecule has 368 valence electrons. The highest BCUT2D eigenvalue weighted by Gasteiger charge is 2.46. The molecule has 70 heavy (non-hydrogen) atoms. The quantitative estimate of drug-likeness (QED) is 0.117. The fourth-order valence-corrected chi connectivity index (χ4v) is 11.8. The molecule has 11 rings (SSSR count). The topological polar surface area (TPSA) is 155 Å². The number of phenolic OH excluding ortho intramolecular Hbond substituents is 1. The van der Waals surface area contributed by atoms with Gasteiger partial charge in [-0.2, -0.15) is 9.97 Å². The average molecular weight is 982 g/mol. The third-order valence-corrected chi connectivity index (χ3v) is 15.9. The van der Waals surface area contributed by atoms with Crippen molar-refractivity contribution in [3.63, 3.8) is 0 Å². The van der Waals surface area contributed by atoms with Crippen LogP contribution in [0.15, 0.2) is 48.5 Å². The largest absolute Gasteiger partial charge is 0.508 e. The van der Waals surface area contributed by atoms with Crippen LogP contribution >= 0.6 is 11.6 Å². The molecule has 3 amide bonds. The number of aromatic nitrogens is 2. The third kappa shape index (κ3) is 8.98. The Morgan fingerprint density at radius 3 is 2.39 bits per heavy atom. The van der Waals surface area contributed by atoms with E-state index in [1.165, 1.54) is 12.1 Å². The summed E-state index contributed by atoms with van der Waals surface area (Å²) in [5.41, 5.74) is 0.564. The van der Waals surface area contributed by atoms with Crippen molar-refractivity contribution < 1.29 is 42.5 Å². The number of hydrogen-bond donors (Lipinski definition) is 3. The number of aliphatic hydroxyl groups is 1. The van der Waals surface area contributed by atoms with Gasteiger partial charge in [0, 0.05) is 98.3 Å². The first-order valence-electron chi connectivity index (χ1n) is 24.5. The van der Waals surface area contributed by atoms with Crippen LogP contribution in [0.4, 0.5) is 24.7 Å². The van der Waals surface area contributed by atoms with Gasteiger partial charge >= 0.3 is 6.01 Å². The zero-order chi connectivity index (χ0) is 48.6. The van der Waals surface area contributed by atoms with Crippen molar-refractivity contribution in [2.45, 2.75) is 76.5 Å². The number of rotatable bonds is 11. The molecule has 14 nitrogen and oxygen atoms in total. The Morgan fingerprint density at radius 1 is 0.857 bits per heavy atom. The average Bonchev–Trinajstić information content (AvgIpc) is 4.02. The minimum absolute atomic E-state index is 0.0458. The first-order chi connectivity index (χ1) is 33.6. The summed E-state index contributed by atoms with van der Waals surface area (Å²) in [5.74, 6) is -3.11. The minimum atomic E-state index is -1.06. The Labute approximate surface area is 408 Å². The highest BCUT2D eigenvalue weighted by atomic mass is 35.5. The molecule has 4 saturated heterocycles. The van der Waals surface area contributed by atoms with Crippen LogP contribution in [-0.4, -0.2) is 136 Å². The summed E-state index contributed by atoms with van der Waals surface area (Å²) in [5, 5.41) is 24.1. The molecule has 2 atom stereocenters. The Kier molecular flexibility index (Phi) is 12.1. The molecule has 0 radical (unpaired) electrons. The van der Waals surface area contributed by atoms with Crippen LogP contribution < -0.4 is 19.9 Å². The summed E-state index contributed by atoms with van der Waals surface area (Å²) in [4.78, 5) is 57.6. The van der Waals surface area contributed by atoms with E-state index in [0.717, 1.165) is 107 Å². The predicted octanol–water partition coefficient (Wildman–Crippen LogP) is 7.03. The maximum Gasteiger partial charge on any atom is 0.319 e. The van der Waals surface area contributed by atoms with Crippen molar-refractivity contribution in [1.29, 1.82) is 0 Å². The molecule has 18 heteroatoms. The summed E-state index contributed by atoms with van der Waals surface area (Å²) in [7, 11) is 0. The second-order valence-corrected chi connectivity index (χ2v) is 21.2. The predicted molar refractivity (Wildman–Crippen MR) is 259 cm³/mol. The molecule has 5 aliphatic heterocycles. The lowest BCUT2D eigenvalue weighted by atomic mass is 9.94. The first kappa shape index (κ1) is 46.6. The van der Waals surface area contributed by atoms with Gasteiger partial charge in [0.25, 0.3) is 5.91 Å². The van der Waals surface area contributed by atoms with Gasteiger partial charge < -0.3 is 34.5 Å². The number of nitrogens with zero attached hydrogens (tertiary/aromatic N) is 7. The standard InChI is InChI=1S/C52H56ClF3N8O6/c1-51(69)11-2-14-63(27-51)47-37-24-39(55)43(36-23-34(65)22-31-3-6-38(54)44(53)42(31)36)45(56)46(37)58-50(59-47)70-29-52(12-13-52)28-61-15-9-30(10-16-61)25-60-17-19-62(20-18-60)33-4-5-35-32(21-33)26-64(49(35)68)40-7-8-41(66)57-48(40)67/h3-6,21-24,30,40,65,69H,2,7-20,25-29H2,1H3,(H,57,66,67)/t40-,51+/m0/s1. The number of carbonyl (C=O) groups excluding carboxylic acids is 3. The number of nitrogens with one attached hydrogen (secondary N) is 1. The lowest BCUT2D eigenvalue weighted by Gasteiger charge is -2.40. The monoisotopic (exact) mass is 980 g/mol. The second-order valence-electron chi connectivity index (χ2n) is 20.8. The third-order valence-electron chi connectivity index (χ3n) is 15.6. The summed E-state index contributed by atoms with van der Waals surface area (Å²) >= 11 is 6.40. The van der Waals surface area contributed by atoms with Crippen molar-refractivity contribution in [2.75, 3.05) is 81.9 Å². The van der Waals surface area contributed by atoms with Crippen LogP contribution in [0.5, 0.6) is 11.8 Å². The number of fused-ring (bicyclic) bond motifs is 3. The number of benzene rings is 4. The Hall–Kier alpha value is -5.75. The van der Waals surface area contributed by atoms with Crippen LogP contribution in [0.1, 0.15) is 74.2 Å². The Morgan fingerprint density at radius 2 is 1.64 bits per heavy atom. The fourth-order valence-electron chi connectivity index (χ4n) is 11.5. The summed E-state index contributed by atoms with van der Waals surface area (Å²) < 4.78 is 54.6. The highest BCUT2D eigenvalue weighted by Crippen LogP contribution is 2.48. The van der Waals surface area contributed by atoms with Gasteiger partial charge in [-0.3, -0.25) is 24.6 Å². The SMILES string of the molecule is C[C@@]1(O)CCCN(c2nc(OCC3(CN4CCC(CN5CCN(c6ccc7c(c6)CN([C@H]6CCC(=O)NC6=O)C7=O)CC5)CC4)CC3)nc3c(F)c(-c4cc(O)cc5ccc(F)c(Cl)c45)c(F)cc23)C1. The molecule has 1 aromatic heterocycles. The number of imide groups is 1. The van der Waals surface area contributed by atoms with Crippen molar-refractivity contribution in [3.8, 4) is 22.9 Å². The zero-order valence-corrected chi connectivity index (χ0v) is 39.8. The maximum atomic E-state index is 17.1. The number of amides is 3. The number of anilines is 2. The Balaban J connectivity index is 0.727. The number of aromatic hydroxyl groups is 1. The van der Waals surface area contributed by atoms with Crippen LogP contribution in [0.2, 0.25) is 5.02 Å². The maximum absolute atomic E-state index is 17.1. The van der Waals surface area contributed by atoms with Crippen LogP contribution in [0.25, 0.3) is 32.8 Å². The van der Waals surface area contributed by atoms with E-state index in [0.29, 0.717) is 55.8 Å². The summed E-state index contributed by atoms with van der Waals surface area (Å²) in [6, 6.07) is 11.4. The van der Waals surface area contributed by atoms with Gasteiger partial charge in [-0.1, -0.05) is 17.7 Å². The second kappa shape index (κ2) is 18.1. The van der Waals surface area contributed by atoms with Crippen LogP contribution in [0, 0.1) is 28.8 Å². The molecule has 4 aromatic carbocycles. The minimum Gasteiger partial charge on any atom is -0.508 e. The number of likely N-dealkylation sites (tertiary alicyclic amines) is 1. The summed E-state index contributed by atoms with van der Waals surface area (Å²) in [6.45, 7) is 10.5. The summed E-state index contributed by atoms with van der Waals surface area (Å²) in [6.07, 6.45) is 5.84. The van der Waals surface area contributed by atoms with Gasteiger partial charge in [-0.25, -0.2) is 13.2 Å². The molecule has 1 saturated carbocycles. The van der Waals surface area contributed by atoms with Gasteiger partial charge in [0.15, 0.2) is 5.82 Å². The van der Waals surface area contributed by atoms with E-state index >= 15 is 8.78 Å². The molecule has 5 aromatic rings. The molecule has 5 fully saturated rings. The normalized spacial score (nSPS) is 23.4. The van der Waals surface area contributed by atoms with Crippen LogP contribution in [-0.2, 0) is 16.1 Å². The van der Waals surface area contributed by atoms with E-state index in [4.69, 9.17) is 21.3 Å². The zero-order valence-electron chi connectivity index (χ0n) is 39.1. The molecule has 6 heterocycles. The smallest absolute Gasteiger partial charge is 0.319 e. The van der Waals surface area contributed by atoms with Crippen molar-refractivity contribution >= 4 is 62.5 Å². The van der Waals surface area contributed by atoms with Gasteiger partial charge in [-0.05, 0) is 124 Å².